The lowest BCUT2D eigenvalue weighted by Crippen LogP contribution is -2.28. The molecule has 2 heteroatoms. The van der Waals surface area contributed by atoms with Gasteiger partial charge in [0.1, 0.15) is 11.2 Å². The molecule has 1 aromatic heterocycles. The van der Waals surface area contributed by atoms with Gasteiger partial charge in [-0.05, 0) is 126 Å². The van der Waals surface area contributed by atoms with Crippen molar-refractivity contribution in [1.82, 2.24) is 0 Å². The molecule has 0 bridgehead atoms. The van der Waals surface area contributed by atoms with E-state index in [4.69, 9.17) is 4.42 Å². The van der Waals surface area contributed by atoms with Crippen molar-refractivity contribution in [2.75, 3.05) is 4.90 Å². The van der Waals surface area contributed by atoms with Crippen molar-refractivity contribution in [3.05, 3.63) is 270 Å². The lowest BCUT2D eigenvalue weighted by Gasteiger charge is -2.33. The van der Waals surface area contributed by atoms with Gasteiger partial charge in [0, 0.05) is 33.2 Å². The second-order valence-electron chi connectivity index (χ2n) is 18.4. The molecule has 0 atom stereocenters. The van der Waals surface area contributed by atoms with Gasteiger partial charge in [-0.15, -0.1) is 0 Å². The number of hydrogen-bond donors (Lipinski definition) is 0. The Morgan fingerprint density at radius 1 is 0.333 bits per heavy atom. The molecule has 66 heavy (non-hydrogen) atoms. The van der Waals surface area contributed by atoms with E-state index in [1.807, 2.05) is 0 Å². The molecular formula is C64H45NO. The summed E-state index contributed by atoms with van der Waals surface area (Å²) in [5, 5.41) is 2.22. The highest BCUT2D eigenvalue weighted by Gasteiger charge is 2.46. The largest absolute Gasteiger partial charge is 0.456 e. The van der Waals surface area contributed by atoms with Crippen molar-refractivity contribution in [2.45, 2.75) is 24.7 Å². The first-order chi connectivity index (χ1) is 32.5. The zero-order valence-electron chi connectivity index (χ0n) is 36.9. The van der Waals surface area contributed by atoms with Crippen molar-refractivity contribution in [3.63, 3.8) is 0 Å². The van der Waals surface area contributed by atoms with Gasteiger partial charge in [-0.25, -0.2) is 0 Å². The second kappa shape index (κ2) is 14.7. The summed E-state index contributed by atoms with van der Waals surface area (Å²) in [6.07, 6.45) is 0. The highest BCUT2D eigenvalue weighted by atomic mass is 16.3. The Kier molecular flexibility index (Phi) is 8.51. The molecule has 0 radical (unpaired) electrons. The lowest BCUT2D eigenvalue weighted by atomic mass is 9.67. The van der Waals surface area contributed by atoms with Crippen molar-refractivity contribution in [3.8, 4) is 44.5 Å². The Hall–Kier alpha value is -8.20. The maximum absolute atomic E-state index is 6.92. The summed E-state index contributed by atoms with van der Waals surface area (Å²) in [6, 6.07) is 86.8. The highest BCUT2D eigenvalue weighted by Crippen LogP contribution is 2.57. The third-order valence-corrected chi connectivity index (χ3v) is 14.5. The van der Waals surface area contributed by atoms with Gasteiger partial charge < -0.3 is 9.32 Å². The van der Waals surface area contributed by atoms with Crippen LogP contribution in [0.5, 0.6) is 0 Å². The van der Waals surface area contributed by atoms with Crippen LogP contribution in [0.25, 0.3) is 66.4 Å². The number of fused-ring (bicyclic) bond motifs is 9. The van der Waals surface area contributed by atoms with Gasteiger partial charge in [0.2, 0.25) is 0 Å². The fraction of sp³-hybridized carbons (Fsp3) is 0.0625. The molecule has 312 valence electrons. The van der Waals surface area contributed by atoms with Crippen molar-refractivity contribution >= 4 is 39.0 Å². The number of hydrogen-bond acceptors (Lipinski definition) is 2. The van der Waals surface area contributed by atoms with E-state index in [1.165, 1.54) is 66.8 Å². The van der Waals surface area contributed by atoms with Crippen LogP contribution in [0, 0.1) is 0 Å². The summed E-state index contributed by atoms with van der Waals surface area (Å²) < 4.78 is 6.92. The van der Waals surface area contributed by atoms with Crippen molar-refractivity contribution in [1.29, 1.82) is 0 Å². The Labute approximate surface area is 385 Å². The molecule has 0 unspecified atom stereocenters. The van der Waals surface area contributed by atoms with Crippen LogP contribution in [-0.2, 0) is 10.8 Å². The van der Waals surface area contributed by atoms with Crippen molar-refractivity contribution in [2.24, 2.45) is 0 Å². The summed E-state index contributed by atoms with van der Waals surface area (Å²) in [5.41, 5.74) is 22.0. The van der Waals surface area contributed by atoms with E-state index in [1.54, 1.807) is 0 Å². The van der Waals surface area contributed by atoms with E-state index < -0.39 is 5.41 Å². The molecule has 0 amide bonds. The van der Waals surface area contributed by atoms with Crippen LogP contribution in [0.1, 0.15) is 47.2 Å². The molecule has 0 aliphatic heterocycles. The Balaban J connectivity index is 0.973. The zero-order valence-corrected chi connectivity index (χ0v) is 36.9. The summed E-state index contributed by atoms with van der Waals surface area (Å²) in [4.78, 5) is 2.43. The molecule has 0 saturated heterocycles. The number of anilines is 3. The summed E-state index contributed by atoms with van der Waals surface area (Å²) in [6.45, 7) is 4.71. The summed E-state index contributed by atoms with van der Waals surface area (Å²) in [5.74, 6) is 0. The molecule has 10 aromatic carbocycles. The minimum atomic E-state index is -0.504. The Morgan fingerprint density at radius 2 is 0.864 bits per heavy atom. The minimum absolute atomic E-state index is 0.134. The monoisotopic (exact) mass is 843 g/mol. The lowest BCUT2D eigenvalue weighted by molar-refractivity contribution is 0.660. The average molecular weight is 844 g/mol. The normalized spacial score (nSPS) is 13.8. The van der Waals surface area contributed by atoms with Gasteiger partial charge in [-0.3, -0.25) is 0 Å². The van der Waals surface area contributed by atoms with E-state index in [0.29, 0.717) is 0 Å². The van der Waals surface area contributed by atoms with Crippen molar-refractivity contribution < 1.29 is 4.42 Å². The summed E-state index contributed by atoms with van der Waals surface area (Å²) >= 11 is 0. The molecule has 1 heterocycles. The van der Waals surface area contributed by atoms with E-state index in [9.17, 15) is 0 Å². The first-order valence-electron chi connectivity index (χ1n) is 23.0. The Bertz CT molecular complexity index is 3640. The maximum Gasteiger partial charge on any atom is 0.136 e. The second-order valence-corrected chi connectivity index (χ2v) is 18.4. The zero-order chi connectivity index (χ0) is 44.0. The van der Waals surface area contributed by atoms with Crippen LogP contribution in [0.3, 0.4) is 0 Å². The summed E-state index contributed by atoms with van der Waals surface area (Å²) in [7, 11) is 0. The highest BCUT2D eigenvalue weighted by molar-refractivity contribution is 6.13. The number of rotatable bonds is 7. The van der Waals surface area contributed by atoms with Gasteiger partial charge >= 0.3 is 0 Å². The van der Waals surface area contributed by atoms with E-state index in [0.717, 1.165) is 50.1 Å². The molecule has 13 rings (SSSR count). The molecule has 2 nitrogen and oxygen atoms in total. The van der Waals surface area contributed by atoms with Crippen LogP contribution in [-0.4, -0.2) is 0 Å². The van der Waals surface area contributed by atoms with Crippen LogP contribution >= 0.6 is 0 Å². The predicted octanol–water partition coefficient (Wildman–Crippen LogP) is 17.1. The number of nitrogens with zero attached hydrogens (tertiary/aromatic N) is 1. The van der Waals surface area contributed by atoms with Gasteiger partial charge in [0.05, 0.1) is 5.41 Å². The van der Waals surface area contributed by atoms with Gasteiger partial charge in [0.25, 0.3) is 0 Å². The molecule has 2 aliphatic rings. The smallest absolute Gasteiger partial charge is 0.136 e. The third-order valence-electron chi connectivity index (χ3n) is 14.5. The fourth-order valence-corrected chi connectivity index (χ4v) is 11.6. The molecular weight excluding hydrogens is 799 g/mol. The third kappa shape index (κ3) is 5.61. The van der Waals surface area contributed by atoms with E-state index >= 15 is 0 Å². The maximum atomic E-state index is 6.92. The molecule has 0 fully saturated rings. The number of furan rings is 1. The first kappa shape index (κ1) is 38.3. The van der Waals surface area contributed by atoms with E-state index in [-0.39, 0.29) is 5.41 Å². The molecule has 2 aliphatic carbocycles. The molecule has 0 spiro atoms. The van der Waals surface area contributed by atoms with Crippen LogP contribution < -0.4 is 4.90 Å². The standard InChI is InChI=1S/C64H45NO/c1-63(2)56-30-12-9-26-51(56)54-37-35-49(41-59(54)63)65(47-24-15-20-43(38-47)42-18-5-3-6-19-42)48-25-16-21-44(39-48)50-29-17-33-60-62(50)55-36-34-46(40-61(55)66-60)64(45-22-7-4-8-23-45)57-31-13-10-27-52(57)53-28-11-14-32-58(53)64/h3-41H,1-2H3. The van der Waals surface area contributed by atoms with Crippen LogP contribution in [0.15, 0.2) is 241 Å². The van der Waals surface area contributed by atoms with Gasteiger partial charge in [0.15, 0.2) is 0 Å². The molecule has 11 aromatic rings. The number of benzene rings is 10. The predicted molar refractivity (Wildman–Crippen MR) is 274 cm³/mol. The first-order valence-corrected chi connectivity index (χ1v) is 23.0. The van der Waals surface area contributed by atoms with Crippen LogP contribution in [0.4, 0.5) is 17.1 Å². The van der Waals surface area contributed by atoms with E-state index in [2.05, 4.69) is 255 Å². The molecule has 0 saturated carbocycles. The topological polar surface area (TPSA) is 16.4 Å². The Morgan fingerprint density at radius 3 is 1.58 bits per heavy atom. The SMILES string of the molecule is CC1(C)c2ccccc2-c2ccc(N(c3cccc(-c4ccccc4)c3)c3cccc(-c4cccc5oc6cc(C7(c8ccccc8)c8ccccc8-c8ccccc87)ccc6c45)c3)cc21. The van der Waals surface area contributed by atoms with Crippen LogP contribution in [0.2, 0.25) is 0 Å². The average Bonchev–Trinajstić information content (AvgIpc) is 3.98. The fourth-order valence-electron chi connectivity index (χ4n) is 11.6. The minimum Gasteiger partial charge on any atom is -0.456 e. The van der Waals surface area contributed by atoms with Gasteiger partial charge in [-0.1, -0.05) is 202 Å². The molecule has 0 N–H and O–H groups in total. The quantitative estimate of drug-likeness (QED) is 0.159. The van der Waals surface area contributed by atoms with Gasteiger partial charge in [-0.2, -0.15) is 0 Å².